The number of aromatic nitrogens is 2. The van der Waals surface area contributed by atoms with Gasteiger partial charge in [-0.3, -0.25) is 4.98 Å². The molecule has 2 heterocycles. The number of nitrogens with one attached hydrogen (secondary N) is 2. The number of alkyl halides is 3. The number of pyridine rings is 2. The summed E-state index contributed by atoms with van der Waals surface area (Å²) in [6.07, 6.45) is -1.02. The molecule has 0 amide bonds. The minimum Gasteiger partial charge on any atom is -0.397 e. The van der Waals surface area contributed by atoms with E-state index in [1.165, 1.54) is 12.1 Å². The van der Waals surface area contributed by atoms with E-state index in [-0.39, 0.29) is 0 Å². The number of nitrogens with two attached hydrogens (primary N) is 1. The Labute approximate surface area is 187 Å². The van der Waals surface area contributed by atoms with E-state index in [2.05, 4.69) is 20.6 Å². The lowest BCUT2D eigenvalue weighted by Gasteiger charge is -2.15. The third-order valence-corrected chi connectivity index (χ3v) is 5.35. The number of fused-ring (bicyclic) bond motifs is 2. The average Bonchev–Trinajstić information content (AvgIpc) is 2.80. The summed E-state index contributed by atoms with van der Waals surface area (Å²) < 4.78 is 38.5. The Morgan fingerprint density at radius 3 is 2.15 bits per heavy atom. The standard InChI is InChI=1S/C25H18F3N5/c26-25(27,28)15-7-9-16(10-8-15)32-24-18-3-2-6-21(17(18)11-13-31-24)33-22-12-14-30-23-19(22)4-1-5-20(23)29/h1-14H,29H2,(H,30,33)(H,31,32). The molecule has 0 radical (unpaired) electrons. The molecular weight excluding hydrogens is 427 g/mol. The summed E-state index contributed by atoms with van der Waals surface area (Å²) in [5.74, 6) is 0.541. The largest absolute Gasteiger partial charge is 0.416 e. The number of nitrogen functional groups attached to an aromatic ring is 1. The maximum absolute atomic E-state index is 12.8. The van der Waals surface area contributed by atoms with Crippen molar-refractivity contribution in [2.24, 2.45) is 0 Å². The molecule has 164 valence electrons. The average molecular weight is 445 g/mol. The second kappa shape index (κ2) is 7.98. The highest BCUT2D eigenvalue weighted by Crippen LogP contribution is 2.34. The molecule has 8 heteroatoms. The van der Waals surface area contributed by atoms with Gasteiger partial charge in [-0.05, 0) is 48.5 Å². The number of hydrogen-bond donors (Lipinski definition) is 3. The molecule has 0 aliphatic carbocycles. The molecule has 0 aliphatic rings. The molecule has 2 aromatic heterocycles. The van der Waals surface area contributed by atoms with Crippen LogP contribution in [-0.2, 0) is 6.18 Å². The van der Waals surface area contributed by atoms with E-state index in [1.54, 1.807) is 12.4 Å². The van der Waals surface area contributed by atoms with Gasteiger partial charge in [0.25, 0.3) is 0 Å². The van der Waals surface area contributed by atoms with Crippen LogP contribution in [0.3, 0.4) is 0 Å². The van der Waals surface area contributed by atoms with Crippen molar-refractivity contribution >= 4 is 50.2 Å². The van der Waals surface area contributed by atoms with Crippen LogP contribution >= 0.6 is 0 Å². The fraction of sp³-hybridized carbons (Fsp3) is 0.0400. The zero-order valence-corrected chi connectivity index (χ0v) is 17.2. The zero-order chi connectivity index (χ0) is 23.0. The number of halogens is 3. The quantitative estimate of drug-likeness (QED) is 0.263. The van der Waals surface area contributed by atoms with Crippen LogP contribution in [0, 0.1) is 0 Å². The first-order chi connectivity index (χ1) is 15.9. The lowest BCUT2D eigenvalue weighted by atomic mass is 10.1. The van der Waals surface area contributed by atoms with E-state index in [9.17, 15) is 13.2 Å². The molecule has 0 bridgehead atoms. The van der Waals surface area contributed by atoms with Crippen molar-refractivity contribution in [2.45, 2.75) is 6.18 Å². The Kier molecular flexibility index (Phi) is 4.97. The normalized spacial score (nSPS) is 11.6. The van der Waals surface area contributed by atoms with E-state index in [1.807, 2.05) is 48.5 Å². The van der Waals surface area contributed by atoms with Gasteiger partial charge in [0.05, 0.1) is 16.8 Å². The highest BCUT2D eigenvalue weighted by Gasteiger charge is 2.29. The Morgan fingerprint density at radius 1 is 0.667 bits per heavy atom. The summed E-state index contributed by atoms with van der Waals surface area (Å²) in [4.78, 5) is 8.77. The number of anilines is 5. The summed E-state index contributed by atoms with van der Waals surface area (Å²) in [5.41, 5.74) is 8.90. The topological polar surface area (TPSA) is 75.9 Å². The molecule has 0 fully saturated rings. The third kappa shape index (κ3) is 3.98. The molecule has 0 spiro atoms. The molecule has 4 N–H and O–H groups in total. The summed E-state index contributed by atoms with van der Waals surface area (Å²) in [6.45, 7) is 0. The Hall–Kier alpha value is -4.33. The van der Waals surface area contributed by atoms with Crippen LogP contribution in [0.1, 0.15) is 5.56 Å². The van der Waals surface area contributed by atoms with Crippen LogP contribution in [0.2, 0.25) is 0 Å². The fourth-order valence-corrected chi connectivity index (χ4v) is 3.75. The molecule has 3 aromatic carbocycles. The number of rotatable bonds is 4. The SMILES string of the molecule is Nc1cccc2c(Nc3cccc4c(Nc5ccc(C(F)(F)F)cc5)nccc34)ccnc12. The number of benzene rings is 3. The van der Waals surface area contributed by atoms with E-state index < -0.39 is 11.7 Å². The van der Waals surface area contributed by atoms with E-state index in [0.717, 1.165) is 39.7 Å². The van der Waals surface area contributed by atoms with Crippen molar-refractivity contribution in [3.05, 3.63) is 90.8 Å². The van der Waals surface area contributed by atoms with Gasteiger partial charge < -0.3 is 16.4 Å². The van der Waals surface area contributed by atoms with Gasteiger partial charge in [0.15, 0.2) is 0 Å². The van der Waals surface area contributed by atoms with Gasteiger partial charge >= 0.3 is 6.18 Å². The van der Waals surface area contributed by atoms with Gasteiger partial charge in [0, 0.05) is 45.6 Å². The molecule has 0 aliphatic heterocycles. The minimum absolute atomic E-state index is 0.511. The van der Waals surface area contributed by atoms with Crippen molar-refractivity contribution in [1.29, 1.82) is 0 Å². The maximum atomic E-state index is 12.8. The Morgan fingerprint density at radius 2 is 1.36 bits per heavy atom. The summed E-state index contributed by atoms with van der Waals surface area (Å²) in [6, 6.07) is 20.0. The first-order valence-electron chi connectivity index (χ1n) is 10.1. The van der Waals surface area contributed by atoms with Crippen molar-refractivity contribution < 1.29 is 13.2 Å². The van der Waals surface area contributed by atoms with Crippen molar-refractivity contribution in [3.63, 3.8) is 0 Å². The first kappa shape index (κ1) is 20.6. The van der Waals surface area contributed by atoms with Crippen LogP contribution in [-0.4, -0.2) is 9.97 Å². The first-order valence-corrected chi connectivity index (χ1v) is 10.1. The van der Waals surface area contributed by atoms with Crippen molar-refractivity contribution in [2.75, 3.05) is 16.4 Å². The highest BCUT2D eigenvalue weighted by atomic mass is 19.4. The smallest absolute Gasteiger partial charge is 0.397 e. The van der Waals surface area contributed by atoms with Gasteiger partial charge in [0.1, 0.15) is 5.82 Å². The molecule has 5 rings (SSSR count). The van der Waals surface area contributed by atoms with Crippen molar-refractivity contribution in [3.8, 4) is 0 Å². The molecule has 5 aromatic rings. The molecule has 0 saturated heterocycles. The molecule has 0 atom stereocenters. The predicted molar refractivity (Wildman–Crippen MR) is 126 cm³/mol. The van der Waals surface area contributed by atoms with E-state index in [4.69, 9.17) is 5.73 Å². The Bertz CT molecular complexity index is 1460. The van der Waals surface area contributed by atoms with Crippen LogP contribution in [0.25, 0.3) is 21.7 Å². The zero-order valence-electron chi connectivity index (χ0n) is 17.2. The second-order valence-corrected chi connectivity index (χ2v) is 7.49. The van der Waals surface area contributed by atoms with Gasteiger partial charge in [0.2, 0.25) is 0 Å². The number of para-hydroxylation sites is 1. The van der Waals surface area contributed by atoms with Crippen LogP contribution < -0.4 is 16.4 Å². The molecule has 0 unspecified atom stereocenters. The van der Waals surface area contributed by atoms with E-state index in [0.29, 0.717) is 22.7 Å². The lowest BCUT2D eigenvalue weighted by molar-refractivity contribution is -0.137. The van der Waals surface area contributed by atoms with Crippen molar-refractivity contribution in [1.82, 2.24) is 9.97 Å². The summed E-state index contributed by atoms with van der Waals surface area (Å²) >= 11 is 0. The molecule has 5 nitrogen and oxygen atoms in total. The maximum Gasteiger partial charge on any atom is 0.416 e. The summed E-state index contributed by atoms with van der Waals surface area (Å²) in [7, 11) is 0. The van der Waals surface area contributed by atoms with Crippen LogP contribution in [0.4, 0.5) is 41.7 Å². The Balaban J connectivity index is 1.51. The van der Waals surface area contributed by atoms with Crippen LogP contribution in [0.15, 0.2) is 85.2 Å². The molecule has 0 saturated carbocycles. The summed E-state index contributed by atoms with van der Waals surface area (Å²) in [5, 5.41) is 9.19. The number of hydrogen-bond acceptors (Lipinski definition) is 5. The fourth-order valence-electron chi connectivity index (χ4n) is 3.75. The molecular formula is C25H18F3N5. The highest BCUT2D eigenvalue weighted by molar-refractivity contribution is 6.04. The predicted octanol–water partition coefficient (Wildman–Crippen LogP) is 6.87. The van der Waals surface area contributed by atoms with Gasteiger partial charge in [-0.1, -0.05) is 24.3 Å². The van der Waals surface area contributed by atoms with Gasteiger partial charge in [-0.15, -0.1) is 0 Å². The monoisotopic (exact) mass is 445 g/mol. The minimum atomic E-state index is -4.38. The third-order valence-electron chi connectivity index (χ3n) is 5.35. The van der Waals surface area contributed by atoms with Crippen LogP contribution in [0.5, 0.6) is 0 Å². The number of nitrogens with zero attached hydrogens (tertiary/aromatic N) is 2. The van der Waals surface area contributed by atoms with Gasteiger partial charge in [-0.25, -0.2) is 4.98 Å². The molecule has 33 heavy (non-hydrogen) atoms. The van der Waals surface area contributed by atoms with E-state index >= 15 is 0 Å². The van der Waals surface area contributed by atoms with Gasteiger partial charge in [-0.2, -0.15) is 13.2 Å². The lowest BCUT2D eigenvalue weighted by Crippen LogP contribution is -2.04. The second-order valence-electron chi connectivity index (χ2n) is 7.49.